The number of piperidine rings is 1. The number of anilines is 1. The lowest BCUT2D eigenvalue weighted by molar-refractivity contribution is 0.248. The molecule has 1 aliphatic rings. The van der Waals surface area contributed by atoms with Crippen molar-refractivity contribution in [2.24, 2.45) is 7.05 Å². The molecular formula is C22H25N5O2. The first-order chi connectivity index (χ1) is 14.2. The minimum absolute atomic E-state index is 0.118. The topological polar surface area (TPSA) is 83.1 Å². The number of hydrogen-bond donors (Lipinski definition) is 2. The van der Waals surface area contributed by atoms with Gasteiger partial charge in [-0.1, -0.05) is 12.1 Å². The van der Waals surface area contributed by atoms with Gasteiger partial charge in [0.05, 0.1) is 0 Å². The summed E-state index contributed by atoms with van der Waals surface area (Å²) in [5, 5.41) is 19.5. The molecule has 7 heteroatoms. The number of aromatic nitrogens is 4. The summed E-state index contributed by atoms with van der Waals surface area (Å²) < 4.78 is 7.73. The van der Waals surface area contributed by atoms with Crippen molar-refractivity contribution in [1.29, 1.82) is 0 Å². The van der Waals surface area contributed by atoms with Crippen LogP contribution in [0.2, 0.25) is 0 Å². The molecule has 4 aromatic rings. The minimum atomic E-state index is -0.118. The van der Waals surface area contributed by atoms with Crippen LogP contribution in [0.25, 0.3) is 22.5 Å². The van der Waals surface area contributed by atoms with Gasteiger partial charge in [0, 0.05) is 37.2 Å². The van der Waals surface area contributed by atoms with Crippen molar-refractivity contribution in [3.05, 3.63) is 53.4 Å². The van der Waals surface area contributed by atoms with E-state index >= 15 is 0 Å². The lowest BCUT2D eigenvalue weighted by Gasteiger charge is -2.32. The van der Waals surface area contributed by atoms with E-state index in [4.69, 9.17) is 4.42 Å². The van der Waals surface area contributed by atoms with E-state index in [-0.39, 0.29) is 6.61 Å². The van der Waals surface area contributed by atoms with E-state index in [0.29, 0.717) is 23.3 Å². The Morgan fingerprint density at radius 3 is 2.79 bits per heavy atom. The number of nitrogens with one attached hydrogen (secondary N) is 1. The molecule has 0 radical (unpaired) electrons. The Labute approximate surface area is 169 Å². The highest BCUT2D eigenvalue weighted by molar-refractivity contribution is 5.83. The van der Waals surface area contributed by atoms with Crippen LogP contribution >= 0.6 is 0 Å². The molecule has 0 unspecified atom stereocenters. The summed E-state index contributed by atoms with van der Waals surface area (Å²) in [5.74, 6) is 3.32. The summed E-state index contributed by atoms with van der Waals surface area (Å²) in [4.78, 5) is 5.61. The fraction of sp³-hybridized carbons (Fsp3) is 0.364. The third-order valence-corrected chi connectivity index (χ3v) is 6.03. The van der Waals surface area contributed by atoms with Crippen molar-refractivity contribution in [3.8, 4) is 11.6 Å². The molecule has 1 fully saturated rings. The highest BCUT2D eigenvalue weighted by atomic mass is 16.4. The van der Waals surface area contributed by atoms with Crippen molar-refractivity contribution in [1.82, 2.24) is 19.7 Å². The normalized spacial score (nSPS) is 15.5. The molecule has 0 aliphatic carbocycles. The smallest absolute Gasteiger partial charge is 0.227 e. The Kier molecular flexibility index (Phi) is 4.39. The van der Waals surface area contributed by atoms with Crippen molar-refractivity contribution < 1.29 is 9.52 Å². The van der Waals surface area contributed by atoms with Gasteiger partial charge in [-0.3, -0.25) is 4.57 Å². The predicted octanol–water partition coefficient (Wildman–Crippen LogP) is 3.74. The summed E-state index contributed by atoms with van der Waals surface area (Å²) in [6.45, 7) is 3.72. The molecule has 29 heavy (non-hydrogen) atoms. The van der Waals surface area contributed by atoms with Crippen molar-refractivity contribution in [2.75, 3.05) is 18.0 Å². The standard InChI is InChI=1S/C22H25N5O2/c1-14-12-16(13-28)29-20(14)21-24-25-22(26(21)2)27-10-7-15(8-11-27)17-4-3-5-19-18(17)6-9-23-19/h3-6,9,12,15,23,28H,7-8,10-11,13H2,1-2H3. The van der Waals surface area contributed by atoms with E-state index in [1.807, 2.05) is 30.8 Å². The fourth-order valence-corrected chi connectivity index (χ4v) is 4.50. The first-order valence-electron chi connectivity index (χ1n) is 10.1. The molecule has 2 N–H and O–H groups in total. The molecular weight excluding hydrogens is 366 g/mol. The number of nitrogens with zero attached hydrogens (tertiary/aromatic N) is 4. The second-order valence-electron chi connectivity index (χ2n) is 7.81. The van der Waals surface area contributed by atoms with Gasteiger partial charge in [0.15, 0.2) is 5.76 Å². The van der Waals surface area contributed by atoms with Gasteiger partial charge in [0.25, 0.3) is 0 Å². The van der Waals surface area contributed by atoms with E-state index in [9.17, 15) is 5.11 Å². The monoisotopic (exact) mass is 391 g/mol. The largest absolute Gasteiger partial charge is 0.455 e. The van der Waals surface area contributed by atoms with E-state index < -0.39 is 0 Å². The van der Waals surface area contributed by atoms with Crippen molar-refractivity contribution >= 4 is 16.9 Å². The Hall–Kier alpha value is -3.06. The Bertz CT molecular complexity index is 1150. The zero-order valence-corrected chi connectivity index (χ0v) is 16.7. The van der Waals surface area contributed by atoms with E-state index in [1.165, 1.54) is 16.5 Å². The Morgan fingerprint density at radius 1 is 1.21 bits per heavy atom. The van der Waals surface area contributed by atoms with Crippen LogP contribution in [0.3, 0.4) is 0 Å². The van der Waals surface area contributed by atoms with Crippen LogP contribution < -0.4 is 4.90 Å². The average molecular weight is 391 g/mol. The van der Waals surface area contributed by atoms with Crippen LogP contribution in [0.15, 0.2) is 40.9 Å². The molecule has 3 aromatic heterocycles. The molecule has 4 heterocycles. The lowest BCUT2D eigenvalue weighted by Crippen LogP contribution is -2.34. The van der Waals surface area contributed by atoms with Gasteiger partial charge in [-0.15, -0.1) is 10.2 Å². The molecule has 5 rings (SSSR count). The third kappa shape index (κ3) is 3.02. The summed E-state index contributed by atoms with van der Waals surface area (Å²) in [6.07, 6.45) is 4.19. The number of aliphatic hydroxyl groups is 1. The number of furan rings is 1. The second kappa shape index (κ2) is 7.08. The van der Waals surface area contributed by atoms with Gasteiger partial charge in [-0.05, 0) is 55.0 Å². The van der Waals surface area contributed by atoms with Gasteiger partial charge in [0.1, 0.15) is 12.4 Å². The van der Waals surface area contributed by atoms with E-state index in [0.717, 1.165) is 37.4 Å². The lowest BCUT2D eigenvalue weighted by atomic mass is 9.87. The molecule has 7 nitrogen and oxygen atoms in total. The zero-order chi connectivity index (χ0) is 20.0. The predicted molar refractivity (Wildman–Crippen MR) is 112 cm³/mol. The number of aliphatic hydroxyl groups excluding tert-OH is 1. The number of aryl methyl sites for hydroxylation is 1. The van der Waals surface area contributed by atoms with Crippen LogP contribution in [0, 0.1) is 6.92 Å². The molecule has 0 amide bonds. The maximum absolute atomic E-state index is 9.32. The van der Waals surface area contributed by atoms with Crippen LogP contribution in [0.4, 0.5) is 5.95 Å². The van der Waals surface area contributed by atoms with Crippen molar-refractivity contribution in [2.45, 2.75) is 32.3 Å². The molecule has 1 saturated heterocycles. The molecule has 150 valence electrons. The second-order valence-corrected chi connectivity index (χ2v) is 7.81. The van der Waals surface area contributed by atoms with Crippen LogP contribution in [-0.2, 0) is 13.7 Å². The Morgan fingerprint density at radius 2 is 2.03 bits per heavy atom. The van der Waals surface area contributed by atoms with E-state index in [1.54, 1.807) is 0 Å². The molecule has 0 bridgehead atoms. The molecule has 0 atom stereocenters. The Balaban J connectivity index is 1.36. The fourth-order valence-electron chi connectivity index (χ4n) is 4.50. The highest BCUT2D eigenvalue weighted by Gasteiger charge is 2.26. The number of hydrogen-bond acceptors (Lipinski definition) is 5. The van der Waals surface area contributed by atoms with Crippen LogP contribution in [0.1, 0.15) is 35.6 Å². The molecule has 0 saturated carbocycles. The maximum Gasteiger partial charge on any atom is 0.227 e. The summed E-state index contributed by atoms with van der Waals surface area (Å²) >= 11 is 0. The zero-order valence-electron chi connectivity index (χ0n) is 16.7. The highest BCUT2D eigenvalue weighted by Crippen LogP contribution is 2.35. The molecule has 0 spiro atoms. The first-order valence-corrected chi connectivity index (χ1v) is 10.1. The number of aromatic amines is 1. The van der Waals surface area contributed by atoms with Crippen molar-refractivity contribution in [3.63, 3.8) is 0 Å². The molecule has 1 aliphatic heterocycles. The van der Waals surface area contributed by atoms with E-state index in [2.05, 4.69) is 44.3 Å². The average Bonchev–Trinajstić information content (AvgIpc) is 3.46. The summed E-state index contributed by atoms with van der Waals surface area (Å²) in [5.41, 5.74) is 3.60. The molecule has 1 aromatic carbocycles. The first kappa shape index (κ1) is 18.0. The van der Waals surface area contributed by atoms with Crippen LogP contribution in [0.5, 0.6) is 0 Å². The summed E-state index contributed by atoms with van der Waals surface area (Å²) in [6, 6.07) is 10.6. The SMILES string of the molecule is Cc1cc(CO)oc1-c1nnc(N2CCC(c3cccc4[nH]ccc34)CC2)n1C. The van der Waals surface area contributed by atoms with Gasteiger partial charge < -0.3 is 19.4 Å². The van der Waals surface area contributed by atoms with Gasteiger partial charge in [-0.25, -0.2) is 0 Å². The number of benzene rings is 1. The van der Waals surface area contributed by atoms with Crippen LogP contribution in [-0.4, -0.2) is 37.9 Å². The van der Waals surface area contributed by atoms with Gasteiger partial charge >= 0.3 is 0 Å². The maximum atomic E-state index is 9.32. The third-order valence-electron chi connectivity index (χ3n) is 6.03. The number of H-pyrrole nitrogens is 1. The minimum Gasteiger partial charge on any atom is -0.455 e. The quantitative estimate of drug-likeness (QED) is 0.554. The number of rotatable bonds is 4. The summed E-state index contributed by atoms with van der Waals surface area (Å²) in [7, 11) is 1.97. The van der Waals surface area contributed by atoms with Gasteiger partial charge in [0.2, 0.25) is 11.8 Å². The van der Waals surface area contributed by atoms with Gasteiger partial charge in [-0.2, -0.15) is 0 Å². The number of fused-ring (bicyclic) bond motifs is 1.